The van der Waals surface area contributed by atoms with Gasteiger partial charge in [0.1, 0.15) is 0 Å². The Hall–Kier alpha value is -0.0775. The van der Waals surface area contributed by atoms with E-state index in [1.165, 1.54) is 83.5 Å². The van der Waals surface area contributed by atoms with E-state index in [9.17, 15) is 4.79 Å². The van der Waals surface area contributed by atoms with Gasteiger partial charge in [-0.1, -0.05) is 96.8 Å². The highest BCUT2D eigenvalue weighted by Crippen LogP contribution is 2.13. The lowest BCUT2D eigenvalue weighted by Gasteiger charge is -2.09. The van der Waals surface area contributed by atoms with Crippen LogP contribution >= 0.6 is 0 Å². The second-order valence-electron chi connectivity index (χ2n) is 8.56. The number of unbranched alkanes of at least 4 members (excludes halogenated alkanes) is 14. The van der Waals surface area contributed by atoms with Crippen molar-refractivity contribution in [2.24, 2.45) is 0 Å². The molecule has 173 valence electrons. The van der Waals surface area contributed by atoms with Crippen molar-refractivity contribution in [3.63, 3.8) is 0 Å². The molecule has 0 saturated heterocycles. The Balaban J connectivity index is 0. The number of carboxylic acids is 1. The lowest BCUT2D eigenvalue weighted by molar-refractivity contribution is -0.137. The number of hydrogen-bond acceptors (Lipinski definition) is 3. The minimum absolute atomic E-state index is 0.245. The molecule has 0 aromatic heterocycles. The van der Waals surface area contributed by atoms with Gasteiger partial charge < -0.3 is 12.7 Å². The van der Waals surface area contributed by atoms with Crippen LogP contribution in [0.2, 0.25) is 0 Å². The monoisotopic (exact) mass is 429 g/mol. The van der Waals surface area contributed by atoms with Crippen molar-refractivity contribution in [3.8, 4) is 0 Å². The molecule has 0 aliphatic rings. The number of aliphatic carboxylic acids is 1. The molecular weight excluding hydrogens is 379 g/mol. The zero-order valence-corrected chi connectivity index (χ0v) is 21.4. The quantitative estimate of drug-likeness (QED) is 0.159. The highest BCUT2D eigenvalue weighted by molar-refractivity contribution is 6.18. The van der Waals surface area contributed by atoms with Crippen LogP contribution in [0.15, 0.2) is 0 Å². The van der Waals surface area contributed by atoms with Crippen LogP contribution in [0.5, 0.6) is 0 Å². The SMILES string of the molecule is CC(C)[O][Al][O]C(C)C.CCCCCCCCCCCCCCCCCC(=O)O. The Kier molecular flexibility index (Phi) is 27.8. The zero-order chi connectivity index (χ0) is 22.2. The molecule has 5 heteroatoms. The molecule has 1 radical (unpaired) electrons. The van der Waals surface area contributed by atoms with Crippen LogP contribution in [0.3, 0.4) is 0 Å². The number of rotatable bonds is 20. The summed E-state index contributed by atoms with van der Waals surface area (Å²) in [5.41, 5.74) is 0. The molecular formula is C24H50AlO4. The van der Waals surface area contributed by atoms with Gasteiger partial charge in [0.15, 0.2) is 0 Å². The van der Waals surface area contributed by atoms with Gasteiger partial charge in [0.2, 0.25) is 0 Å². The van der Waals surface area contributed by atoms with E-state index >= 15 is 0 Å². The van der Waals surface area contributed by atoms with Crippen LogP contribution in [0.4, 0.5) is 0 Å². The lowest BCUT2D eigenvalue weighted by Crippen LogP contribution is -2.14. The Labute approximate surface area is 188 Å². The van der Waals surface area contributed by atoms with Gasteiger partial charge in [-0.25, -0.2) is 0 Å². The van der Waals surface area contributed by atoms with Gasteiger partial charge in [0.05, 0.1) is 0 Å². The summed E-state index contributed by atoms with van der Waals surface area (Å²) in [7, 11) is 0. The standard InChI is InChI=1S/C18H36O2.2C3H7O.Al/c1-2-3-4-5-6-7-8-9-10-11-12-13-14-15-16-17-18(19)20;2*1-3(2)4;/h2-17H2,1H3,(H,19,20);2*3H,1-2H3;/q;2*-1;+2. The summed E-state index contributed by atoms with van der Waals surface area (Å²) in [6.45, 7) is 10.3. The molecule has 0 saturated carbocycles. The fourth-order valence-electron chi connectivity index (χ4n) is 2.90. The molecule has 0 atom stereocenters. The molecule has 0 aliphatic carbocycles. The van der Waals surface area contributed by atoms with Crippen molar-refractivity contribution in [2.75, 3.05) is 0 Å². The van der Waals surface area contributed by atoms with Gasteiger partial charge in [-0.3, -0.25) is 4.79 Å². The third-order valence-electron chi connectivity index (χ3n) is 4.65. The maximum Gasteiger partial charge on any atom is 0.668 e. The Bertz CT molecular complexity index is 314. The predicted octanol–water partition coefficient (Wildman–Crippen LogP) is 7.70. The maximum absolute atomic E-state index is 10.3. The first-order valence-corrected chi connectivity index (χ1v) is 13.2. The molecule has 0 fully saturated rings. The molecule has 0 aromatic carbocycles. The first-order valence-electron chi connectivity index (χ1n) is 12.2. The van der Waals surface area contributed by atoms with Crippen molar-refractivity contribution < 1.29 is 17.5 Å². The molecule has 4 nitrogen and oxygen atoms in total. The van der Waals surface area contributed by atoms with Gasteiger partial charge in [0, 0.05) is 18.6 Å². The van der Waals surface area contributed by atoms with Crippen LogP contribution in [-0.4, -0.2) is 39.2 Å². The minimum Gasteiger partial charge on any atom is -0.482 e. The van der Waals surface area contributed by atoms with E-state index < -0.39 is 5.97 Å². The van der Waals surface area contributed by atoms with Crippen molar-refractivity contribution in [1.29, 1.82) is 0 Å². The van der Waals surface area contributed by atoms with Gasteiger partial charge in [-0.2, -0.15) is 0 Å². The van der Waals surface area contributed by atoms with Crippen molar-refractivity contribution in [3.05, 3.63) is 0 Å². The van der Waals surface area contributed by atoms with Crippen molar-refractivity contribution in [1.82, 2.24) is 0 Å². The Morgan fingerprint density at radius 1 is 0.655 bits per heavy atom. The summed E-state index contributed by atoms with van der Waals surface area (Å²) in [5.74, 6) is -0.653. The number of carbonyl (C=O) groups is 1. The molecule has 0 aliphatic heterocycles. The van der Waals surface area contributed by atoms with E-state index in [2.05, 4.69) is 6.92 Å². The van der Waals surface area contributed by atoms with E-state index in [1.807, 2.05) is 27.7 Å². The Morgan fingerprint density at radius 2 is 0.966 bits per heavy atom. The molecule has 0 heterocycles. The van der Waals surface area contributed by atoms with Gasteiger partial charge in [0.25, 0.3) is 0 Å². The topological polar surface area (TPSA) is 55.8 Å². The van der Waals surface area contributed by atoms with Crippen LogP contribution in [0.25, 0.3) is 0 Å². The first-order chi connectivity index (χ1) is 13.9. The van der Waals surface area contributed by atoms with Crippen LogP contribution in [0.1, 0.15) is 137 Å². The van der Waals surface area contributed by atoms with E-state index in [0.29, 0.717) is 18.6 Å². The normalized spacial score (nSPS) is 10.9. The molecule has 0 unspecified atom stereocenters. The molecule has 0 amide bonds. The smallest absolute Gasteiger partial charge is 0.482 e. The summed E-state index contributed by atoms with van der Waals surface area (Å²) < 4.78 is 10.4. The summed E-state index contributed by atoms with van der Waals surface area (Å²) in [4.78, 5) is 10.3. The average molecular weight is 430 g/mol. The molecule has 29 heavy (non-hydrogen) atoms. The van der Waals surface area contributed by atoms with Gasteiger partial charge >= 0.3 is 21.9 Å². The molecule has 0 aromatic rings. The molecule has 0 bridgehead atoms. The maximum atomic E-state index is 10.3. The van der Waals surface area contributed by atoms with Crippen LogP contribution < -0.4 is 0 Å². The van der Waals surface area contributed by atoms with E-state index in [4.69, 9.17) is 12.7 Å². The average Bonchev–Trinajstić information content (AvgIpc) is 2.64. The highest BCUT2D eigenvalue weighted by atomic mass is 27.2. The summed E-state index contributed by atoms with van der Waals surface area (Å²) in [5, 5.41) is 8.52. The minimum atomic E-state index is -0.653. The van der Waals surface area contributed by atoms with Gasteiger partial charge in [-0.05, 0) is 34.1 Å². The lowest BCUT2D eigenvalue weighted by atomic mass is 10.0. The Morgan fingerprint density at radius 3 is 1.24 bits per heavy atom. The second kappa shape index (κ2) is 26.0. The first kappa shape index (κ1) is 31.1. The third kappa shape index (κ3) is 35.7. The van der Waals surface area contributed by atoms with Crippen molar-refractivity contribution >= 4 is 21.9 Å². The second-order valence-corrected chi connectivity index (χ2v) is 9.30. The fraction of sp³-hybridized carbons (Fsp3) is 0.958. The zero-order valence-electron chi connectivity index (χ0n) is 20.2. The number of hydrogen-bond donors (Lipinski definition) is 1. The summed E-state index contributed by atoms with van der Waals surface area (Å²) in [6, 6.07) is 0. The van der Waals surface area contributed by atoms with Crippen LogP contribution in [0, 0.1) is 0 Å². The predicted molar refractivity (Wildman–Crippen MR) is 125 cm³/mol. The fourth-order valence-corrected chi connectivity index (χ4v) is 3.41. The van der Waals surface area contributed by atoms with E-state index in [1.54, 1.807) is 0 Å². The molecule has 1 N–H and O–H groups in total. The van der Waals surface area contributed by atoms with E-state index in [0.717, 1.165) is 12.8 Å². The van der Waals surface area contributed by atoms with Crippen molar-refractivity contribution in [2.45, 2.75) is 150 Å². The van der Waals surface area contributed by atoms with E-state index in [-0.39, 0.29) is 15.9 Å². The highest BCUT2D eigenvalue weighted by Gasteiger charge is 2.01. The molecule has 0 spiro atoms. The third-order valence-corrected chi connectivity index (χ3v) is 5.96. The largest absolute Gasteiger partial charge is 0.668 e. The summed E-state index contributed by atoms with van der Waals surface area (Å²) >= 11 is -0.245. The molecule has 0 rings (SSSR count). The van der Waals surface area contributed by atoms with Crippen LogP contribution in [-0.2, 0) is 12.4 Å². The number of carboxylic acid groups (broad SMARTS) is 1. The summed E-state index contributed by atoms with van der Waals surface area (Å²) in [6.07, 6.45) is 20.8. The van der Waals surface area contributed by atoms with Gasteiger partial charge in [-0.15, -0.1) is 0 Å².